The van der Waals surface area contributed by atoms with Gasteiger partial charge >= 0.3 is 0 Å². The molecule has 5 aromatic rings. The lowest BCUT2D eigenvalue weighted by Crippen LogP contribution is -2.61. The largest absolute Gasteiger partial charge is 0.489 e. The number of H-pyrrole nitrogens is 1. The minimum absolute atomic E-state index is 0.0388. The van der Waals surface area contributed by atoms with E-state index in [1.54, 1.807) is 18.3 Å². The van der Waals surface area contributed by atoms with Gasteiger partial charge in [0.2, 0.25) is 15.7 Å². The van der Waals surface area contributed by atoms with E-state index in [1.807, 2.05) is 17.0 Å². The molecule has 19 nitrogen and oxygen atoms in total. The molecule has 6 fully saturated rings. The molecule has 1 aliphatic carbocycles. The zero-order chi connectivity index (χ0) is 52.2. The fourth-order valence-electron chi connectivity index (χ4n) is 14.0. The van der Waals surface area contributed by atoms with Gasteiger partial charge in [0.1, 0.15) is 28.9 Å². The third kappa shape index (κ3) is 8.37. The second kappa shape index (κ2) is 19.0. The van der Waals surface area contributed by atoms with Gasteiger partial charge in [0.15, 0.2) is 11.4 Å². The Labute approximate surface area is 442 Å². The van der Waals surface area contributed by atoms with Crippen LogP contribution in [0.25, 0.3) is 16.6 Å². The maximum atomic E-state index is 16.2. The topological polar surface area (TPSA) is 214 Å². The molecular weight excluding hydrogens is 989 g/mol. The van der Waals surface area contributed by atoms with Crippen LogP contribution < -0.4 is 30.3 Å². The van der Waals surface area contributed by atoms with Gasteiger partial charge in [-0.3, -0.25) is 29.6 Å². The van der Waals surface area contributed by atoms with Crippen molar-refractivity contribution >= 4 is 60.8 Å². The van der Waals surface area contributed by atoms with Crippen LogP contribution >= 0.6 is 0 Å². The van der Waals surface area contributed by atoms with E-state index in [1.165, 1.54) is 17.2 Å². The van der Waals surface area contributed by atoms with Crippen LogP contribution in [0.1, 0.15) is 79.9 Å². The smallest absolute Gasteiger partial charge is 0.297 e. The molecule has 0 radical (unpaired) electrons. The number of pyridine rings is 1. The van der Waals surface area contributed by atoms with Crippen molar-refractivity contribution in [3.63, 3.8) is 0 Å². The van der Waals surface area contributed by atoms with E-state index in [-0.39, 0.29) is 69.6 Å². The number of hydrogen-bond acceptors (Lipinski definition) is 16. The molecule has 8 aliphatic rings. The highest BCUT2D eigenvalue weighted by Crippen LogP contribution is 2.56. The average Bonchev–Trinajstić information content (AvgIpc) is 4.20. The van der Waals surface area contributed by atoms with Crippen molar-refractivity contribution in [1.29, 1.82) is 0 Å². The van der Waals surface area contributed by atoms with Crippen LogP contribution in [0.4, 0.5) is 28.4 Å². The minimum Gasteiger partial charge on any atom is -0.489 e. The second-order valence-corrected chi connectivity index (χ2v) is 24.5. The molecule has 1 spiro atoms. The second-order valence-electron chi connectivity index (χ2n) is 22.6. The fourth-order valence-corrected chi connectivity index (χ4v) is 15.7. The Kier molecular flexibility index (Phi) is 12.3. The number of nitro benzene ring substituents is 1. The summed E-state index contributed by atoms with van der Waals surface area (Å²) in [4.78, 5) is 45.4. The number of carbonyl (C=O) groups is 1. The Balaban J connectivity index is 0.858. The number of aromatic amines is 1. The van der Waals surface area contributed by atoms with Crippen molar-refractivity contribution in [2.75, 3.05) is 94.0 Å². The number of nitro groups is 1. The number of nitrogens with one attached hydrogen (secondary N) is 2. The lowest BCUT2D eigenvalue weighted by atomic mass is 9.59. The van der Waals surface area contributed by atoms with Crippen molar-refractivity contribution in [1.82, 2.24) is 24.7 Å². The van der Waals surface area contributed by atoms with Gasteiger partial charge in [-0.2, -0.15) is 4.98 Å². The summed E-state index contributed by atoms with van der Waals surface area (Å²) in [5.74, 6) is -0.551. The van der Waals surface area contributed by atoms with Crippen molar-refractivity contribution in [2.24, 2.45) is 11.1 Å². The van der Waals surface area contributed by atoms with Crippen LogP contribution in [-0.4, -0.2) is 159 Å². The summed E-state index contributed by atoms with van der Waals surface area (Å²) in [7, 11) is -4.79. The molecule has 4 N–H and O–H groups in total. The van der Waals surface area contributed by atoms with Crippen molar-refractivity contribution in [2.45, 2.75) is 105 Å². The molecule has 0 unspecified atom stereocenters. The third-order valence-electron chi connectivity index (χ3n) is 17.9. The zero-order valence-electron chi connectivity index (χ0n) is 43.1. The summed E-state index contributed by atoms with van der Waals surface area (Å²) < 4.78 is 56.7. The Morgan fingerprint density at radius 3 is 2.49 bits per heavy atom. The Morgan fingerprint density at radius 2 is 1.74 bits per heavy atom. The third-order valence-corrected chi connectivity index (χ3v) is 19.7. The number of primary amides is 1. The zero-order valence-corrected chi connectivity index (χ0v) is 43.9. The first-order chi connectivity index (χ1) is 36.7. The maximum absolute atomic E-state index is 16.2. The number of allylic oxidation sites excluding steroid dienone is 1. The van der Waals surface area contributed by atoms with Gasteiger partial charge in [0, 0.05) is 81.1 Å². The molecule has 7 aliphatic heterocycles. The number of likely N-dealkylation sites (tertiary alicyclic amines) is 1. The highest BCUT2D eigenvalue weighted by Gasteiger charge is 2.52. The molecule has 76 heavy (non-hydrogen) atoms. The van der Waals surface area contributed by atoms with Crippen molar-refractivity contribution < 1.29 is 37.1 Å². The summed E-state index contributed by atoms with van der Waals surface area (Å²) in [5.41, 5.74) is 11.1. The number of carbonyl (C=O) groups excluding carboxylic acids is 1. The Morgan fingerprint density at radius 1 is 0.934 bits per heavy atom. The predicted molar refractivity (Wildman–Crippen MR) is 288 cm³/mol. The van der Waals surface area contributed by atoms with Crippen molar-refractivity contribution in [3.8, 4) is 11.6 Å². The number of fused-ring (bicyclic) bond motifs is 4. The predicted octanol–water partition coefficient (Wildman–Crippen LogP) is 6.90. The van der Waals surface area contributed by atoms with Gasteiger partial charge in [-0.15, -0.1) is 0 Å². The molecule has 400 valence electrons. The number of nitrogens with zero attached hydrogens (tertiary/aromatic N) is 7. The number of amides is 1. The summed E-state index contributed by atoms with van der Waals surface area (Å²) >= 11 is 0. The van der Waals surface area contributed by atoms with Crippen LogP contribution in [0.15, 0.2) is 83.2 Å². The van der Waals surface area contributed by atoms with E-state index in [0.717, 1.165) is 94.9 Å². The fraction of sp³-hybridized carbons (Fsp3) is 0.500. The number of aromatic nitrogens is 2. The van der Waals surface area contributed by atoms with Gasteiger partial charge in [-0.1, -0.05) is 36.4 Å². The van der Waals surface area contributed by atoms with Crippen LogP contribution in [-0.2, 0) is 19.3 Å². The quantitative estimate of drug-likeness (QED) is 0.0856. The maximum Gasteiger partial charge on any atom is 0.297 e. The Hall–Kier alpha value is -6.29. The first kappa shape index (κ1) is 49.3. The van der Waals surface area contributed by atoms with E-state index >= 15 is 8.42 Å². The van der Waals surface area contributed by atoms with Crippen molar-refractivity contribution in [3.05, 3.63) is 100 Å². The van der Waals surface area contributed by atoms with E-state index in [2.05, 4.69) is 74.6 Å². The van der Waals surface area contributed by atoms with E-state index in [9.17, 15) is 14.9 Å². The average molecular weight is 1060 g/mol. The van der Waals surface area contributed by atoms with E-state index in [4.69, 9.17) is 29.7 Å². The van der Waals surface area contributed by atoms with Gasteiger partial charge < -0.3 is 44.8 Å². The molecule has 20 heteroatoms. The number of hydrogen-bond donors (Lipinski definition) is 3. The molecular formula is C56H66N10O9S. The number of ether oxygens (including phenoxy) is 4. The number of rotatable bonds is 12. The molecule has 1 saturated carbocycles. The number of nitrogens with two attached hydrogens (primary N) is 1. The number of piperazine rings is 1. The van der Waals surface area contributed by atoms with Gasteiger partial charge in [0.05, 0.1) is 71.3 Å². The normalized spacial score (nSPS) is 25.9. The molecule has 13 rings (SSSR count). The van der Waals surface area contributed by atoms with E-state index in [0.29, 0.717) is 60.8 Å². The lowest BCUT2D eigenvalue weighted by molar-refractivity contribution is -0.384. The first-order valence-corrected chi connectivity index (χ1v) is 28.5. The first-order valence-electron chi connectivity index (χ1n) is 27.0. The number of anilines is 4. The molecule has 0 bridgehead atoms. The van der Waals surface area contributed by atoms with E-state index < -0.39 is 38.5 Å². The summed E-state index contributed by atoms with van der Waals surface area (Å²) in [6.07, 6.45) is 7.21. The van der Waals surface area contributed by atoms with Crippen LogP contribution in [0.2, 0.25) is 0 Å². The number of piperidine rings is 1. The SMILES string of the molecule is C=C(C)c1ccccc1[C@@H]1CCCN1C1CC2(CCN(c3ccc(C(N)=O)c(N4c5cc6cc[nH]c6nc5O[C@H]5COC[C@H]54)c3S(=O)(=O)c3cc4c(c([N+](=O)[O-])c3)N[C@H](CN3CCN(C5COC5)[C@H](C)C3)CO4)CC2)C1. The van der Waals surface area contributed by atoms with Gasteiger partial charge in [0.25, 0.3) is 11.6 Å². The number of benzene rings is 3. The van der Waals surface area contributed by atoms with Gasteiger partial charge in [-0.05, 0) is 99.7 Å². The number of sulfone groups is 1. The molecule has 1 amide bonds. The summed E-state index contributed by atoms with van der Waals surface area (Å²) in [5, 5.41) is 17.3. The molecule has 5 saturated heterocycles. The standard InChI is InChI=1S/C56H66N10O9S/c1-33(2)40-7-4-5-8-41(40)43-9-6-16-64(43)37-24-56(25-37)13-17-62(18-14-56)44-11-10-42(53(57)67)51(65-46-21-35-12-15-58-54(35)60-55(46)75-49-32-73-31-47(49)65)52(44)76(70,71)39-22-45(66(68)69)50-48(23-39)74-28-36(59-50)27-61-19-20-63(34(3)26-61)38-29-72-30-38/h4-5,7-8,10-12,15,21-23,34,36-38,43,47,49,59H,1,6,9,13-14,16-20,24-32H2,2-3H3,(H2,57,67)(H,58,60)/t34-,36-,43+,47-,49+/m1/s1. The molecule has 9 heterocycles. The highest BCUT2D eigenvalue weighted by atomic mass is 32.2. The van der Waals surface area contributed by atoms with Crippen LogP contribution in [0, 0.1) is 15.5 Å². The molecule has 5 atom stereocenters. The Bertz CT molecular complexity index is 3260. The monoisotopic (exact) mass is 1050 g/mol. The highest BCUT2D eigenvalue weighted by molar-refractivity contribution is 7.91. The minimum atomic E-state index is -4.79. The van der Waals surface area contributed by atoms with Gasteiger partial charge in [-0.25, -0.2) is 8.42 Å². The summed E-state index contributed by atoms with van der Waals surface area (Å²) in [6, 6.07) is 18.8. The van der Waals surface area contributed by atoms with Crippen LogP contribution in [0.3, 0.4) is 0 Å². The van der Waals surface area contributed by atoms with Crippen LogP contribution in [0.5, 0.6) is 11.6 Å². The lowest BCUT2D eigenvalue weighted by Gasteiger charge is -2.56. The molecule has 3 aromatic carbocycles. The molecule has 2 aromatic heterocycles. The summed E-state index contributed by atoms with van der Waals surface area (Å²) in [6.45, 7) is 15.9.